The summed E-state index contributed by atoms with van der Waals surface area (Å²) in [5.74, 6) is 0.799. The average Bonchev–Trinajstić information content (AvgIpc) is 2.40. The van der Waals surface area contributed by atoms with Gasteiger partial charge in [0.15, 0.2) is 0 Å². The first-order valence-corrected chi connectivity index (χ1v) is 8.78. The Hall–Kier alpha value is 0.390. The van der Waals surface area contributed by atoms with Crippen LogP contribution >= 0.6 is 38.5 Å². The number of hydrogen-bond acceptors (Lipinski definition) is 1. The maximum Gasteiger partial charge on any atom is 0.0360 e. The molecule has 1 aliphatic rings. The lowest BCUT2D eigenvalue weighted by atomic mass is 9.81. The van der Waals surface area contributed by atoms with Crippen molar-refractivity contribution in [2.24, 2.45) is 5.92 Å². The largest absolute Gasteiger partial charge is 0.310 e. The van der Waals surface area contributed by atoms with E-state index in [2.05, 4.69) is 69.0 Å². The Labute approximate surface area is 132 Å². The van der Waals surface area contributed by atoms with Crippen molar-refractivity contribution in [2.45, 2.75) is 45.1 Å². The highest BCUT2D eigenvalue weighted by Gasteiger charge is 2.25. The first-order chi connectivity index (χ1) is 8.72. The molecule has 1 aliphatic carbocycles. The van der Waals surface area contributed by atoms with Gasteiger partial charge in [0.1, 0.15) is 0 Å². The molecule has 3 heteroatoms. The van der Waals surface area contributed by atoms with Gasteiger partial charge in [-0.1, -0.05) is 42.1 Å². The van der Waals surface area contributed by atoms with Crippen LogP contribution in [0.25, 0.3) is 0 Å². The molecule has 1 N–H and O–H groups in total. The number of nitrogens with one attached hydrogen (secondary N) is 1. The van der Waals surface area contributed by atoms with E-state index >= 15 is 0 Å². The molecule has 1 nitrogen and oxygen atoms in total. The van der Waals surface area contributed by atoms with Gasteiger partial charge in [-0.25, -0.2) is 0 Å². The van der Waals surface area contributed by atoms with Crippen molar-refractivity contribution in [2.75, 3.05) is 6.54 Å². The highest BCUT2D eigenvalue weighted by Crippen LogP contribution is 2.37. The quantitative estimate of drug-likeness (QED) is 0.651. The normalized spacial score (nSPS) is 18.8. The lowest BCUT2D eigenvalue weighted by Crippen LogP contribution is -2.30. The van der Waals surface area contributed by atoms with Crippen molar-refractivity contribution in [1.29, 1.82) is 0 Å². The van der Waals surface area contributed by atoms with Crippen LogP contribution in [-0.2, 0) is 0 Å². The van der Waals surface area contributed by atoms with E-state index in [0.29, 0.717) is 6.04 Å². The molecule has 1 unspecified atom stereocenters. The molecule has 0 aliphatic heterocycles. The van der Waals surface area contributed by atoms with Crippen molar-refractivity contribution in [3.8, 4) is 0 Å². The lowest BCUT2D eigenvalue weighted by Gasteiger charge is -2.32. The van der Waals surface area contributed by atoms with Gasteiger partial charge in [-0.05, 0) is 71.7 Å². The average molecular weight is 422 g/mol. The second-order valence-corrected chi connectivity index (χ2v) is 7.20. The van der Waals surface area contributed by atoms with Gasteiger partial charge in [-0.3, -0.25) is 0 Å². The standard InChI is InChI=1S/C15H21BrIN/c1-2-18-15(11-6-4-3-5-7-11)13-10-12(17)8-9-14(13)16/h8-11,15,18H,2-7H2,1H3. The van der Waals surface area contributed by atoms with E-state index in [1.54, 1.807) is 0 Å². The summed E-state index contributed by atoms with van der Waals surface area (Å²) in [6, 6.07) is 7.19. The molecule has 1 aromatic rings. The van der Waals surface area contributed by atoms with Crippen LogP contribution in [-0.4, -0.2) is 6.54 Å². The maximum absolute atomic E-state index is 3.72. The SMILES string of the molecule is CCNC(c1cc(I)ccc1Br)C1CCCCC1. The zero-order valence-electron chi connectivity index (χ0n) is 10.9. The molecule has 0 aromatic heterocycles. The number of hydrogen-bond donors (Lipinski definition) is 1. The minimum Gasteiger partial charge on any atom is -0.310 e. The molecule has 18 heavy (non-hydrogen) atoms. The first-order valence-electron chi connectivity index (χ1n) is 6.90. The van der Waals surface area contributed by atoms with Crippen molar-refractivity contribution in [1.82, 2.24) is 5.32 Å². The Bertz CT molecular complexity index is 388. The van der Waals surface area contributed by atoms with E-state index < -0.39 is 0 Å². The maximum atomic E-state index is 3.72. The monoisotopic (exact) mass is 421 g/mol. The van der Waals surface area contributed by atoms with Gasteiger partial charge in [0.25, 0.3) is 0 Å². The fourth-order valence-corrected chi connectivity index (χ4v) is 3.98. The minimum atomic E-state index is 0.513. The van der Waals surface area contributed by atoms with E-state index in [0.717, 1.165) is 12.5 Å². The van der Waals surface area contributed by atoms with Crippen molar-refractivity contribution < 1.29 is 0 Å². The molecule has 0 amide bonds. The van der Waals surface area contributed by atoms with Crippen LogP contribution < -0.4 is 5.32 Å². The summed E-state index contributed by atoms with van der Waals surface area (Å²) >= 11 is 6.13. The number of halogens is 2. The van der Waals surface area contributed by atoms with Gasteiger partial charge < -0.3 is 5.32 Å². The fourth-order valence-electron chi connectivity index (χ4n) is 2.97. The van der Waals surface area contributed by atoms with Crippen molar-refractivity contribution >= 4 is 38.5 Å². The molecular weight excluding hydrogens is 401 g/mol. The summed E-state index contributed by atoms with van der Waals surface area (Å²) in [5.41, 5.74) is 1.44. The molecule has 100 valence electrons. The molecule has 2 rings (SSSR count). The summed E-state index contributed by atoms with van der Waals surface area (Å²) in [7, 11) is 0. The minimum absolute atomic E-state index is 0.513. The van der Waals surface area contributed by atoms with Crippen LogP contribution in [0.4, 0.5) is 0 Å². The van der Waals surface area contributed by atoms with Gasteiger partial charge >= 0.3 is 0 Å². The van der Waals surface area contributed by atoms with Crippen molar-refractivity contribution in [3.63, 3.8) is 0 Å². The zero-order valence-corrected chi connectivity index (χ0v) is 14.6. The Morgan fingerprint density at radius 2 is 2.06 bits per heavy atom. The first kappa shape index (κ1) is 14.8. The van der Waals surface area contributed by atoms with Gasteiger partial charge in [-0.2, -0.15) is 0 Å². The third-order valence-corrected chi connectivity index (χ3v) is 5.23. The summed E-state index contributed by atoms with van der Waals surface area (Å²) < 4.78 is 2.57. The summed E-state index contributed by atoms with van der Waals surface area (Å²) in [6.45, 7) is 3.25. The Balaban J connectivity index is 2.24. The van der Waals surface area contributed by atoms with Crippen molar-refractivity contribution in [3.05, 3.63) is 31.8 Å². The summed E-state index contributed by atoms with van der Waals surface area (Å²) in [5, 5.41) is 3.70. The highest BCUT2D eigenvalue weighted by atomic mass is 127. The number of rotatable bonds is 4. The van der Waals surface area contributed by atoms with Gasteiger partial charge in [0, 0.05) is 14.1 Å². The van der Waals surface area contributed by atoms with Crippen LogP contribution in [0.15, 0.2) is 22.7 Å². The Morgan fingerprint density at radius 3 is 2.72 bits per heavy atom. The molecule has 0 bridgehead atoms. The molecule has 1 saturated carbocycles. The van der Waals surface area contributed by atoms with Crippen LogP contribution in [0.5, 0.6) is 0 Å². The predicted molar refractivity (Wildman–Crippen MR) is 89.9 cm³/mol. The van der Waals surface area contributed by atoms with Crippen LogP contribution in [0.1, 0.15) is 50.6 Å². The highest BCUT2D eigenvalue weighted by molar-refractivity contribution is 14.1. The predicted octanol–water partition coefficient (Wildman–Crippen LogP) is 5.28. The Kier molecular flexibility index (Phi) is 5.96. The molecular formula is C15H21BrIN. The second-order valence-electron chi connectivity index (χ2n) is 5.10. The third-order valence-electron chi connectivity index (χ3n) is 3.84. The fraction of sp³-hybridized carbons (Fsp3) is 0.600. The molecule has 0 spiro atoms. The Morgan fingerprint density at radius 1 is 1.33 bits per heavy atom. The molecule has 1 atom stereocenters. The smallest absolute Gasteiger partial charge is 0.0360 e. The third kappa shape index (κ3) is 3.70. The van der Waals surface area contributed by atoms with Gasteiger partial charge in [0.05, 0.1) is 0 Å². The molecule has 0 saturated heterocycles. The van der Waals surface area contributed by atoms with Gasteiger partial charge in [-0.15, -0.1) is 0 Å². The lowest BCUT2D eigenvalue weighted by molar-refractivity contribution is 0.274. The van der Waals surface area contributed by atoms with Crippen LogP contribution in [0.3, 0.4) is 0 Å². The summed E-state index contributed by atoms with van der Waals surface area (Å²) in [6.07, 6.45) is 6.95. The summed E-state index contributed by atoms with van der Waals surface area (Å²) in [4.78, 5) is 0. The van der Waals surface area contributed by atoms with Crippen LogP contribution in [0, 0.1) is 9.49 Å². The molecule has 0 heterocycles. The molecule has 0 radical (unpaired) electrons. The number of benzene rings is 1. The topological polar surface area (TPSA) is 12.0 Å². The van der Waals surface area contributed by atoms with E-state index in [1.165, 1.54) is 45.7 Å². The molecule has 1 aromatic carbocycles. The van der Waals surface area contributed by atoms with E-state index in [9.17, 15) is 0 Å². The van der Waals surface area contributed by atoms with Gasteiger partial charge in [0.2, 0.25) is 0 Å². The zero-order chi connectivity index (χ0) is 13.0. The van der Waals surface area contributed by atoms with E-state index in [1.807, 2.05) is 0 Å². The van der Waals surface area contributed by atoms with Crippen LogP contribution in [0.2, 0.25) is 0 Å². The van der Waals surface area contributed by atoms with E-state index in [4.69, 9.17) is 0 Å². The van der Waals surface area contributed by atoms with E-state index in [-0.39, 0.29) is 0 Å². The molecule has 1 fully saturated rings. The second kappa shape index (κ2) is 7.25.